The van der Waals surface area contributed by atoms with E-state index in [1.807, 2.05) is 31.0 Å². The molecule has 3 atom stereocenters. The number of hydrogen-bond acceptors (Lipinski definition) is 3. The molecule has 1 heterocycles. The molecule has 1 aromatic carbocycles. The third kappa shape index (κ3) is 3.52. The fraction of sp³-hybridized carbons (Fsp3) is 0.467. The number of rotatable bonds is 4. The van der Waals surface area contributed by atoms with Gasteiger partial charge in [0.05, 0.1) is 17.6 Å². The maximum absolute atomic E-state index is 11.4. The monoisotopic (exact) mass is 326 g/mol. The Morgan fingerprint density at radius 3 is 2.62 bits per heavy atom. The molecule has 1 fully saturated rings. The molecule has 0 amide bonds. The summed E-state index contributed by atoms with van der Waals surface area (Å²) >= 11 is 7.49. The Hall–Kier alpha value is -1.20. The molecular weight excluding hydrogens is 308 g/mol. The van der Waals surface area contributed by atoms with Gasteiger partial charge in [-0.05, 0) is 30.7 Å². The van der Waals surface area contributed by atoms with Crippen LogP contribution in [-0.4, -0.2) is 39.5 Å². The van der Waals surface area contributed by atoms with Crippen LogP contribution in [-0.2, 0) is 4.79 Å². The number of benzene rings is 1. The van der Waals surface area contributed by atoms with Crippen molar-refractivity contribution in [3.63, 3.8) is 0 Å². The van der Waals surface area contributed by atoms with Crippen LogP contribution in [0.2, 0.25) is 5.02 Å². The van der Waals surface area contributed by atoms with Crippen LogP contribution in [0.3, 0.4) is 0 Å². The maximum Gasteiger partial charge on any atom is 0.308 e. The lowest BCUT2D eigenvalue weighted by Crippen LogP contribution is -2.42. The third-order valence-electron chi connectivity index (χ3n) is 3.74. The summed E-state index contributed by atoms with van der Waals surface area (Å²) in [5.74, 6) is -1.12. The SMILES string of the molecule is CCC(C(=O)O)C1C(C)SC(=Nc2ccc(Cl)cc2)N1C. The van der Waals surface area contributed by atoms with Gasteiger partial charge in [-0.2, -0.15) is 0 Å². The lowest BCUT2D eigenvalue weighted by Gasteiger charge is -2.28. The molecule has 21 heavy (non-hydrogen) atoms. The van der Waals surface area contributed by atoms with Crippen LogP contribution in [0.15, 0.2) is 29.3 Å². The summed E-state index contributed by atoms with van der Waals surface area (Å²) in [6.45, 7) is 3.97. The lowest BCUT2D eigenvalue weighted by atomic mass is 9.94. The molecule has 0 spiro atoms. The second-order valence-corrected chi connectivity index (χ2v) is 6.93. The van der Waals surface area contributed by atoms with E-state index in [1.54, 1.807) is 23.9 Å². The number of halogens is 1. The topological polar surface area (TPSA) is 52.9 Å². The predicted molar refractivity (Wildman–Crippen MR) is 88.6 cm³/mol. The number of carboxylic acids is 1. The minimum absolute atomic E-state index is 0.0384. The van der Waals surface area contributed by atoms with Crippen molar-refractivity contribution < 1.29 is 9.90 Å². The number of carbonyl (C=O) groups is 1. The molecule has 1 aliphatic rings. The van der Waals surface area contributed by atoms with Crippen molar-refractivity contribution in [1.29, 1.82) is 0 Å². The Balaban J connectivity index is 2.24. The number of nitrogens with zero attached hydrogens (tertiary/aromatic N) is 2. The smallest absolute Gasteiger partial charge is 0.308 e. The van der Waals surface area contributed by atoms with Crippen LogP contribution >= 0.6 is 23.4 Å². The highest BCUT2D eigenvalue weighted by Crippen LogP contribution is 2.36. The highest BCUT2D eigenvalue weighted by atomic mass is 35.5. The molecule has 6 heteroatoms. The van der Waals surface area contributed by atoms with Crippen molar-refractivity contribution in [2.75, 3.05) is 7.05 Å². The Kier molecular flexibility index (Phi) is 5.17. The molecule has 4 nitrogen and oxygen atoms in total. The van der Waals surface area contributed by atoms with Crippen LogP contribution < -0.4 is 0 Å². The van der Waals surface area contributed by atoms with Gasteiger partial charge in [0.15, 0.2) is 5.17 Å². The largest absolute Gasteiger partial charge is 0.481 e. The van der Waals surface area contributed by atoms with Crippen molar-refractivity contribution in [2.24, 2.45) is 10.9 Å². The molecule has 0 aliphatic carbocycles. The van der Waals surface area contributed by atoms with E-state index in [0.29, 0.717) is 11.4 Å². The summed E-state index contributed by atoms with van der Waals surface area (Å²) in [4.78, 5) is 18.0. The summed E-state index contributed by atoms with van der Waals surface area (Å²) in [6.07, 6.45) is 0.615. The molecule has 0 bridgehead atoms. The Labute approximate surface area is 134 Å². The van der Waals surface area contributed by atoms with E-state index in [2.05, 4.69) is 11.9 Å². The molecule has 0 saturated carbocycles. The van der Waals surface area contributed by atoms with Gasteiger partial charge < -0.3 is 10.0 Å². The van der Waals surface area contributed by atoms with E-state index in [9.17, 15) is 9.90 Å². The fourth-order valence-electron chi connectivity index (χ4n) is 2.65. The molecule has 3 unspecified atom stereocenters. The van der Waals surface area contributed by atoms with Gasteiger partial charge in [0, 0.05) is 17.3 Å². The first kappa shape index (κ1) is 16.2. The minimum Gasteiger partial charge on any atom is -0.481 e. The average molecular weight is 327 g/mol. The molecule has 1 saturated heterocycles. The van der Waals surface area contributed by atoms with E-state index in [0.717, 1.165) is 10.9 Å². The maximum atomic E-state index is 11.4. The van der Waals surface area contributed by atoms with Gasteiger partial charge in [0.25, 0.3) is 0 Å². The summed E-state index contributed by atoms with van der Waals surface area (Å²) in [5.41, 5.74) is 0.824. The highest BCUT2D eigenvalue weighted by Gasteiger charge is 2.41. The van der Waals surface area contributed by atoms with Crippen molar-refractivity contribution >= 4 is 40.2 Å². The van der Waals surface area contributed by atoms with Gasteiger partial charge in [0.1, 0.15) is 0 Å². The van der Waals surface area contributed by atoms with Gasteiger partial charge in [-0.1, -0.05) is 37.2 Å². The summed E-state index contributed by atoms with van der Waals surface area (Å²) < 4.78 is 0. The van der Waals surface area contributed by atoms with Crippen molar-refractivity contribution in [1.82, 2.24) is 4.90 Å². The Morgan fingerprint density at radius 1 is 1.48 bits per heavy atom. The quantitative estimate of drug-likeness (QED) is 0.912. The van der Waals surface area contributed by atoms with Gasteiger partial charge in [0.2, 0.25) is 0 Å². The molecule has 2 rings (SSSR count). The highest BCUT2D eigenvalue weighted by molar-refractivity contribution is 8.14. The van der Waals surface area contributed by atoms with E-state index in [4.69, 9.17) is 11.6 Å². The molecule has 1 N–H and O–H groups in total. The number of carboxylic acid groups (broad SMARTS) is 1. The first-order valence-corrected chi connectivity index (χ1v) is 8.16. The molecule has 0 radical (unpaired) electrons. The molecule has 114 valence electrons. The zero-order chi connectivity index (χ0) is 15.6. The molecule has 0 aromatic heterocycles. The predicted octanol–water partition coefficient (Wildman–Crippen LogP) is 3.87. The Bertz CT molecular complexity index is 547. The summed E-state index contributed by atoms with van der Waals surface area (Å²) in [5, 5.41) is 11.1. The average Bonchev–Trinajstić information content (AvgIpc) is 2.70. The second kappa shape index (κ2) is 6.71. The number of amidine groups is 1. The number of hydrogen-bond donors (Lipinski definition) is 1. The summed E-state index contributed by atoms with van der Waals surface area (Å²) in [6, 6.07) is 7.27. The van der Waals surface area contributed by atoms with E-state index in [-0.39, 0.29) is 17.2 Å². The standard InChI is InChI=1S/C15H19ClN2O2S/c1-4-12(14(19)20)13-9(2)21-15(18(13)3)17-11-7-5-10(16)6-8-11/h5-9,12-13H,4H2,1-3H3,(H,19,20). The zero-order valence-corrected chi connectivity index (χ0v) is 13.9. The van der Waals surface area contributed by atoms with Gasteiger partial charge in [-0.15, -0.1) is 0 Å². The van der Waals surface area contributed by atoms with Crippen molar-refractivity contribution in [3.05, 3.63) is 29.3 Å². The van der Waals surface area contributed by atoms with E-state index in [1.165, 1.54) is 0 Å². The zero-order valence-electron chi connectivity index (χ0n) is 12.3. The first-order chi connectivity index (χ1) is 9.93. The Morgan fingerprint density at radius 2 is 2.10 bits per heavy atom. The van der Waals surface area contributed by atoms with Crippen LogP contribution in [0.1, 0.15) is 20.3 Å². The van der Waals surface area contributed by atoms with Crippen LogP contribution in [0.25, 0.3) is 0 Å². The number of thioether (sulfide) groups is 1. The fourth-order valence-corrected chi connectivity index (χ4v) is 4.07. The molecule has 1 aliphatic heterocycles. The normalized spacial score (nSPS) is 25.3. The molecule has 1 aromatic rings. The van der Waals surface area contributed by atoms with Gasteiger partial charge in [-0.3, -0.25) is 4.79 Å². The van der Waals surface area contributed by atoms with Crippen molar-refractivity contribution in [2.45, 2.75) is 31.6 Å². The molecular formula is C15H19ClN2O2S. The first-order valence-electron chi connectivity index (χ1n) is 6.90. The van der Waals surface area contributed by atoms with E-state index < -0.39 is 5.97 Å². The van der Waals surface area contributed by atoms with Gasteiger partial charge in [-0.25, -0.2) is 4.99 Å². The second-order valence-electron chi connectivity index (χ2n) is 5.15. The van der Waals surface area contributed by atoms with Gasteiger partial charge >= 0.3 is 5.97 Å². The van der Waals surface area contributed by atoms with Crippen LogP contribution in [0.5, 0.6) is 0 Å². The summed E-state index contributed by atoms with van der Waals surface area (Å²) in [7, 11) is 1.92. The van der Waals surface area contributed by atoms with Crippen LogP contribution in [0, 0.1) is 5.92 Å². The van der Waals surface area contributed by atoms with Crippen LogP contribution in [0.4, 0.5) is 5.69 Å². The van der Waals surface area contributed by atoms with Crippen molar-refractivity contribution in [3.8, 4) is 0 Å². The third-order valence-corrected chi connectivity index (χ3v) is 5.23. The number of aliphatic carboxylic acids is 1. The minimum atomic E-state index is -0.741. The number of aliphatic imine (C=N–C) groups is 1. The lowest BCUT2D eigenvalue weighted by molar-refractivity contribution is -0.143. The van der Waals surface area contributed by atoms with E-state index >= 15 is 0 Å².